The van der Waals surface area contributed by atoms with Gasteiger partial charge in [-0.2, -0.15) is 0 Å². The Morgan fingerprint density at radius 3 is 3.00 bits per heavy atom. The quantitative estimate of drug-likeness (QED) is 0.871. The van der Waals surface area contributed by atoms with Gasteiger partial charge in [-0.05, 0) is 60.3 Å². The van der Waals surface area contributed by atoms with Gasteiger partial charge in [0.05, 0.1) is 9.33 Å². The summed E-state index contributed by atoms with van der Waals surface area (Å²) in [6.07, 6.45) is 3.82. The highest BCUT2D eigenvalue weighted by Crippen LogP contribution is 2.24. The minimum absolute atomic E-state index is 0.165. The summed E-state index contributed by atoms with van der Waals surface area (Å²) in [4.78, 5) is 13.5. The Morgan fingerprint density at radius 1 is 1.61 bits per heavy atom. The number of rotatable bonds is 5. The van der Waals surface area contributed by atoms with Gasteiger partial charge in [0, 0.05) is 11.4 Å². The van der Waals surface area contributed by atoms with Gasteiger partial charge in [-0.15, -0.1) is 11.3 Å². The van der Waals surface area contributed by atoms with Crippen molar-refractivity contribution in [3.05, 3.63) is 20.8 Å². The van der Waals surface area contributed by atoms with E-state index in [0.717, 1.165) is 42.6 Å². The molecule has 0 aromatic carbocycles. The molecule has 3 nitrogen and oxygen atoms in total. The zero-order valence-corrected chi connectivity index (χ0v) is 13.0. The summed E-state index contributed by atoms with van der Waals surface area (Å²) in [5.41, 5.74) is -0.309. The molecule has 1 aliphatic heterocycles. The first kappa shape index (κ1) is 14.0. The lowest BCUT2D eigenvalue weighted by atomic mass is 9.93. The van der Waals surface area contributed by atoms with E-state index < -0.39 is 0 Å². The molecule has 2 rings (SSSR count). The molecule has 1 saturated heterocycles. The van der Waals surface area contributed by atoms with Crippen LogP contribution in [0.5, 0.6) is 0 Å². The number of hydrogen-bond donors (Lipinski definition) is 2. The Kier molecular flexibility index (Phi) is 4.81. The van der Waals surface area contributed by atoms with E-state index in [0.29, 0.717) is 0 Å². The van der Waals surface area contributed by atoms with Crippen molar-refractivity contribution in [2.45, 2.75) is 38.1 Å². The molecule has 0 aliphatic carbocycles. The van der Waals surface area contributed by atoms with Crippen LogP contribution in [0.1, 0.15) is 31.1 Å². The maximum absolute atomic E-state index is 12.2. The van der Waals surface area contributed by atoms with Crippen LogP contribution in [0.3, 0.4) is 0 Å². The molecular formula is C13H19BrN2OS. The van der Waals surface area contributed by atoms with Gasteiger partial charge in [-0.25, -0.2) is 0 Å². The maximum atomic E-state index is 12.2. The first-order valence-electron chi connectivity index (χ1n) is 6.44. The van der Waals surface area contributed by atoms with E-state index in [-0.39, 0.29) is 11.4 Å². The molecule has 1 amide bonds. The second-order valence-corrected chi connectivity index (χ2v) is 7.23. The zero-order valence-electron chi connectivity index (χ0n) is 10.6. The van der Waals surface area contributed by atoms with Crippen LogP contribution in [0.15, 0.2) is 15.9 Å². The molecular weight excluding hydrogens is 312 g/mol. The van der Waals surface area contributed by atoms with Gasteiger partial charge in [-0.3, -0.25) is 4.79 Å². The Bertz CT molecular complexity index is 413. The number of nitrogens with one attached hydrogen (secondary N) is 2. The molecule has 1 atom stereocenters. The minimum Gasteiger partial charge on any atom is -0.354 e. The van der Waals surface area contributed by atoms with E-state index in [9.17, 15) is 4.79 Å². The van der Waals surface area contributed by atoms with Crippen LogP contribution in [0, 0.1) is 0 Å². The number of carbonyl (C=O) groups is 1. The van der Waals surface area contributed by atoms with Gasteiger partial charge in [-0.1, -0.05) is 6.92 Å². The van der Waals surface area contributed by atoms with Crippen molar-refractivity contribution < 1.29 is 4.79 Å². The SMILES string of the molecule is CCC1(C(=O)NCCc2ccc(Br)s2)CCCN1. The lowest BCUT2D eigenvalue weighted by Gasteiger charge is -2.26. The third-order valence-electron chi connectivity index (χ3n) is 3.57. The average molecular weight is 331 g/mol. The lowest BCUT2D eigenvalue weighted by Crippen LogP contribution is -2.53. The molecule has 1 aromatic heterocycles. The lowest BCUT2D eigenvalue weighted by molar-refractivity contribution is -0.127. The predicted molar refractivity (Wildman–Crippen MR) is 79.0 cm³/mol. The number of carbonyl (C=O) groups excluding carboxylic acids is 1. The topological polar surface area (TPSA) is 41.1 Å². The highest BCUT2D eigenvalue weighted by molar-refractivity contribution is 9.11. The molecule has 1 aliphatic rings. The van der Waals surface area contributed by atoms with E-state index in [1.807, 2.05) is 6.07 Å². The molecule has 18 heavy (non-hydrogen) atoms. The van der Waals surface area contributed by atoms with Gasteiger partial charge in [0.15, 0.2) is 0 Å². The number of amides is 1. The molecule has 1 aromatic rings. The van der Waals surface area contributed by atoms with E-state index in [1.54, 1.807) is 11.3 Å². The van der Waals surface area contributed by atoms with Gasteiger partial charge >= 0.3 is 0 Å². The summed E-state index contributed by atoms with van der Waals surface area (Å²) in [5, 5.41) is 6.42. The maximum Gasteiger partial charge on any atom is 0.240 e. The molecule has 0 spiro atoms. The van der Waals surface area contributed by atoms with Crippen LogP contribution >= 0.6 is 27.3 Å². The van der Waals surface area contributed by atoms with Crippen LogP contribution in [-0.2, 0) is 11.2 Å². The summed E-state index contributed by atoms with van der Waals surface area (Å²) >= 11 is 5.17. The van der Waals surface area contributed by atoms with Crippen LogP contribution < -0.4 is 10.6 Å². The number of halogens is 1. The van der Waals surface area contributed by atoms with Crippen molar-refractivity contribution in [1.82, 2.24) is 10.6 Å². The van der Waals surface area contributed by atoms with Crippen molar-refractivity contribution in [1.29, 1.82) is 0 Å². The van der Waals surface area contributed by atoms with Crippen molar-refractivity contribution >= 4 is 33.2 Å². The number of thiophene rings is 1. The van der Waals surface area contributed by atoms with Gasteiger partial charge < -0.3 is 10.6 Å². The predicted octanol–water partition coefficient (Wildman–Crippen LogP) is 2.70. The third-order valence-corrected chi connectivity index (χ3v) is 5.25. The van der Waals surface area contributed by atoms with Crippen LogP contribution in [-0.4, -0.2) is 24.5 Å². The minimum atomic E-state index is -0.309. The van der Waals surface area contributed by atoms with Crippen LogP contribution in [0.4, 0.5) is 0 Å². The summed E-state index contributed by atoms with van der Waals surface area (Å²) in [5.74, 6) is 0.165. The molecule has 100 valence electrons. The van der Waals surface area contributed by atoms with Crippen LogP contribution in [0.25, 0.3) is 0 Å². The average Bonchev–Trinajstić information content (AvgIpc) is 2.99. The Hall–Kier alpha value is -0.390. The fourth-order valence-corrected chi connectivity index (χ4v) is 3.90. The summed E-state index contributed by atoms with van der Waals surface area (Å²) in [6, 6.07) is 4.15. The molecule has 2 N–H and O–H groups in total. The van der Waals surface area contributed by atoms with Gasteiger partial charge in [0.1, 0.15) is 0 Å². The monoisotopic (exact) mass is 330 g/mol. The summed E-state index contributed by atoms with van der Waals surface area (Å²) in [6.45, 7) is 3.75. The molecule has 0 bridgehead atoms. The smallest absolute Gasteiger partial charge is 0.240 e. The standard InChI is InChI=1S/C13H19BrN2OS/c1-2-13(7-3-8-16-13)12(17)15-9-6-10-4-5-11(14)18-10/h4-5,16H,2-3,6-9H2,1H3,(H,15,17). The van der Waals surface area contributed by atoms with Crippen molar-refractivity contribution in [2.24, 2.45) is 0 Å². The molecule has 1 unspecified atom stereocenters. The highest BCUT2D eigenvalue weighted by atomic mass is 79.9. The van der Waals surface area contributed by atoms with Crippen molar-refractivity contribution in [3.63, 3.8) is 0 Å². The van der Waals surface area contributed by atoms with E-state index >= 15 is 0 Å². The van der Waals surface area contributed by atoms with Gasteiger partial charge in [0.2, 0.25) is 5.91 Å². The second kappa shape index (κ2) is 6.17. The summed E-state index contributed by atoms with van der Waals surface area (Å²) < 4.78 is 1.14. The van der Waals surface area contributed by atoms with Crippen LogP contribution in [0.2, 0.25) is 0 Å². The third kappa shape index (κ3) is 3.13. The molecule has 0 saturated carbocycles. The normalized spacial score (nSPS) is 23.2. The summed E-state index contributed by atoms with van der Waals surface area (Å²) in [7, 11) is 0. The van der Waals surface area contributed by atoms with E-state index in [1.165, 1.54) is 4.88 Å². The van der Waals surface area contributed by atoms with Crippen molar-refractivity contribution in [3.8, 4) is 0 Å². The fraction of sp³-hybridized carbons (Fsp3) is 0.615. The number of hydrogen-bond acceptors (Lipinski definition) is 3. The Morgan fingerprint density at radius 2 is 2.44 bits per heavy atom. The molecule has 0 radical (unpaired) electrons. The molecule has 2 heterocycles. The van der Waals surface area contributed by atoms with E-state index in [2.05, 4.69) is 39.6 Å². The van der Waals surface area contributed by atoms with Gasteiger partial charge in [0.25, 0.3) is 0 Å². The molecule has 1 fully saturated rings. The van der Waals surface area contributed by atoms with Crippen molar-refractivity contribution in [2.75, 3.05) is 13.1 Å². The zero-order chi connectivity index (χ0) is 13.0. The second-order valence-electron chi connectivity index (χ2n) is 4.68. The fourth-order valence-electron chi connectivity index (χ4n) is 2.42. The van der Waals surface area contributed by atoms with E-state index in [4.69, 9.17) is 0 Å². The molecule has 5 heteroatoms. The largest absolute Gasteiger partial charge is 0.354 e. The first-order valence-corrected chi connectivity index (χ1v) is 8.05. The Balaban J connectivity index is 1.81. The first-order chi connectivity index (χ1) is 8.66. The highest BCUT2D eigenvalue weighted by Gasteiger charge is 2.38. The Labute approximate surface area is 120 Å².